The minimum absolute atomic E-state index is 0.00163. The van der Waals surface area contributed by atoms with Gasteiger partial charge >= 0.3 is 0 Å². The van der Waals surface area contributed by atoms with Gasteiger partial charge in [-0.3, -0.25) is 0 Å². The lowest BCUT2D eigenvalue weighted by Crippen LogP contribution is -2.15. The molecule has 1 aromatic heterocycles. The molecule has 3 aromatic carbocycles. The third-order valence-corrected chi connectivity index (χ3v) is 7.30. The van der Waals surface area contributed by atoms with E-state index in [0.717, 1.165) is 11.4 Å². The third kappa shape index (κ3) is 2.15. The lowest BCUT2D eigenvalue weighted by molar-refractivity contribution is 0.659. The van der Waals surface area contributed by atoms with Gasteiger partial charge in [-0.2, -0.15) is 0 Å². The van der Waals surface area contributed by atoms with Gasteiger partial charge in [0.2, 0.25) is 0 Å². The lowest BCUT2D eigenvalue weighted by atomic mass is 9.82. The van der Waals surface area contributed by atoms with Gasteiger partial charge in [0.25, 0.3) is 0 Å². The molecule has 2 aliphatic carbocycles. The Kier molecular flexibility index (Phi) is 3.35. The van der Waals surface area contributed by atoms with Crippen LogP contribution in [-0.2, 0) is 10.8 Å². The lowest BCUT2D eigenvalue weighted by Gasteiger charge is -2.21. The zero-order valence-electron chi connectivity index (χ0n) is 18.0. The highest BCUT2D eigenvalue weighted by atomic mass is 14.7. The molecular formula is C29H25N. The number of nitrogens with zero attached hydrogens (tertiary/aromatic N) is 1. The van der Waals surface area contributed by atoms with Crippen molar-refractivity contribution in [2.24, 2.45) is 0 Å². The maximum Gasteiger partial charge on any atom is 0.0753 e. The predicted octanol–water partition coefficient (Wildman–Crippen LogP) is 7.36. The summed E-state index contributed by atoms with van der Waals surface area (Å²) in [6.45, 7) is 9.24. The Balaban J connectivity index is 1.53. The largest absolute Gasteiger partial charge is 0.247 e. The molecule has 146 valence electrons. The standard InChI is InChI=1S/C29H25N/c1-28(2)22-11-7-5-9-19(22)21-17-18(13-14-24(21)28)26-16-15-25-27(30-26)20-10-6-8-12-23(20)29(25,3)4/h5-17H,1-4H3. The van der Waals surface area contributed by atoms with Crippen molar-refractivity contribution in [3.05, 3.63) is 101 Å². The van der Waals surface area contributed by atoms with E-state index in [-0.39, 0.29) is 10.8 Å². The summed E-state index contributed by atoms with van der Waals surface area (Å²) in [6, 6.07) is 28.9. The average molecular weight is 388 g/mol. The van der Waals surface area contributed by atoms with Crippen LogP contribution in [0.1, 0.15) is 49.9 Å². The monoisotopic (exact) mass is 387 g/mol. The zero-order valence-corrected chi connectivity index (χ0v) is 18.0. The summed E-state index contributed by atoms with van der Waals surface area (Å²) in [5, 5.41) is 0. The molecular weight excluding hydrogens is 362 g/mol. The summed E-state index contributed by atoms with van der Waals surface area (Å²) in [6.07, 6.45) is 0. The van der Waals surface area contributed by atoms with Gasteiger partial charge in [-0.15, -0.1) is 0 Å². The maximum absolute atomic E-state index is 5.18. The first-order valence-electron chi connectivity index (χ1n) is 10.8. The molecule has 4 aromatic rings. The van der Waals surface area contributed by atoms with Crippen LogP contribution in [0.15, 0.2) is 78.9 Å². The van der Waals surface area contributed by atoms with E-state index in [1.165, 1.54) is 44.5 Å². The molecule has 0 bridgehead atoms. The zero-order chi connectivity index (χ0) is 20.7. The van der Waals surface area contributed by atoms with Crippen LogP contribution in [0.4, 0.5) is 0 Å². The second-order valence-electron chi connectivity index (χ2n) is 9.69. The van der Waals surface area contributed by atoms with Gasteiger partial charge in [0.05, 0.1) is 11.4 Å². The topological polar surface area (TPSA) is 12.9 Å². The van der Waals surface area contributed by atoms with Crippen molar-refractivity contribution in [2.45, 2.75) is 38.5 Å². The maximum atomic E-state index is 5.18. The molecule has 0 atom stereocenters. The molecule has 0 spiro atoms. The summed E-state index contributed by atoms with van der Waals surface area (Å²) in [5.74, 6) is 0. The second kappa shape index (κ2) is 5.70. The first kappa shape index (κ1) is 17.7. The van der Waals surface area contributed by atoms with Gasteiger partial charge in [0.15, 0.2) is 0 Å². The van der Waals surface area contributed by atoms with E-state index in [1.807, 2.05) is 0 Å². The van der Waals surface area contributed by atoms with E-state index in [0.29, 0.717) is 0 Å². The summed E-state index contributed by atoms with van der Waals surface area (Å²) < 4.78 is 0. The van der Waals surface area contributed by atoms with Crippen LogP contribution < -0.4 is 0 Å². The Morgan fingerprint density at radius 2 is 1.10 bits per heavy atom. The molecule has 0 saturated heterocycles. The molecule has 30 heavy (non-hydrogen) atoms. The van der Waals surface area contributed by atoms with Crippen molar-refractivity contribution in [2.75, 3.05) is 0 Å². The van der Waals surface area contributed by atoms with Crippen LogP contribution in [-0.4, -0.2) is 4.98 Å². The van der Waals surface area contributed by atoms with Crippen LogP contribution in [0.25, 0.3) is 33.6 Å². The van der Waals surface area contributed by atoms with Crippen molar-refractivity contribution >= 4 is 0 Å². The van der Waals surface area contributed by atoms with E-state index in [4.69, 9.17) is 4.98 Å². The van der Waals surface area contributed by atoms with Crippen molar-refractivity contribution in [3.8, 4) is 33.6 Å². The smallest absolute Gasteiger partial charge is 0.0753 e. The van der Waals surface area contributed by atoms with Gasteiger partial charge in [-0.05, 0) is 45.5 Å². The van der Waals surface area contributed by atoms with Crippen LogP contribution in [0.2, 0.25) is 0 Å². The van der Waals surface area contributed by atoms with Crippen LogP contribution in [0.5, 0.6) is 0 Å². The molecule has 1 heterocycles. The van der Waals surface area contributed by atoms with Crippen LogP contribution in [0, 0.1) is 0 Å². The summed E-state index contributed by atoms with van der Waals surface area (Å²) >= 11 is 0. The predicted molar refractivity (Wildman–Crippen MR) is 125 cm³/mol. The number of aromatic nitrogens is 1. The Morgan fingerprint density at radius 1 is 0.533 bits per heavy atom. The molecule has 0 radical (unpaired) electrons. The molecule has 0 fully saturated rings. The summed E-state index contributed by atoms with van der Waals surface area (Å²) in [7, 11) is 0. The molecule has 0 saturated carbocycles. The molecule has 1 nitrogen and oxygen atoms in total. The van der Waals surface area contributed by atoms with Gasteiger partial charge in [-0.1, -0.05) is 94.4 Å². The van der Waals surface area contributed by atoms with Gasteiger partial charge < -0.3 is 0 Å². The fourth-order valence-electron chi connectivity index (χ4n) is 5.59. The van der Waals surface area contributed by atoms with E-state index in [1.54, 1.807) is 0 Å². The Bertz CT molecular complexity index is 1240. The number of hydrogen-bond donors (Lipinski definition) is 0. The van der Waals surface area contributed by atoms with Crippen molar-refractivity contribution in [1.29, 1.82) is 0 Å². The van der Waals surface area contributed by atoms with Gasteiger partial charge in [0, 0.05) is 22.0 Å². The number of rotatable bonds is 1. The number of pyridine rings is 1. The normalized spacial score (nSPS) is 16.5. The molecule has 2 aliphatic rings. The van der Waals surface area contributed by atoms with Crippen molar-refractivity contribution in [1.82, 2.24) is 4.98 Å². The number of benzene rings is 3. The minimum atomic E-state index is -0.00163. The highest BCUT2D eigenvalue weighted by Gasteiger charge is 2.37. The van der Waals surface area contributed by atoms with Crippen molar-refractivity contribution in [3.63, 3.8) is 0 Å². The van der Waals surface area contributed by atoms with E-state index >= 15 is 0 Å². The quantitative estimate of drug-likeness (QED) is 0.332. The first-order valence-corrected chi connectivity index (χ1v) is 10.8. The van der Waals surface area contributed by atoms with Crippen molar-refractivity contribution < 1.29 is 0 Å². The average Bonchev–Trinajstić information content (AvgIpc) is 3.14. The first-order chi connectivity index (χ1) is 14.4. The van der Waals surface area contributed by atoms with E-state index < -0.39 is 0 Å². The molecule has 0 amide bonds. The fourth-order valence-corrected chi connectivity index (χ4v) is 5.59. The molecule has 6 rings (SSSR count). The van der Waals surface area contributed by atoms with Crippen LogP contribution >= 0.6 is 0 Å². The second-order valence-corrected chi connectivity index (χ2v) is 9.69. The Labute approximate surface area is 178 Å². The highest BCUT2D eigenvalue weighted by molar-refractivity contribution is 5.85. The highest BCUT2D eigenvalue weighted by Crippen LogP contribution is 2.50. The molecule has 0 unspecified atom stereocenters. The van der Waals surface area contributed by atoms with Crippen LogP contribution in [0.3, 0.4) is 0 Å². The fraction of sp³-hybridized carbons (Fsp3) is 0.207. The molecule has 0 aliphatic heterocycles. The molecule has 1 heteroatoms. The summed E-state index contributed by atoms with van der Waals surface area (Å²) in [4.78, 5) is 5.18. The number of fused-ring (bicyclic) bond motifs is 6. The minimum Gasteiger partial charge on any atom is -0.247 e. The number of hydrogen-bond acceptors (Lipinski definition) is 1. The van der Waals surface area contributed by atoms with E-state index in [9.17, 15) is 0 Å². The van der Waals surface area contributed by atoms with Gasteiger partial charge in [-0.25, -0.2) is 4.98 Å². The Morgan fingerprint density at radius 3 is 1.87 bits per heavy atom. The summed E-state index contributed by atoms with van der Waals surface area (Å²) in [5.41, 5.74) is 12.9. The van der Waals surface area contributed by atoms with E-state index in [2.05, 4.69) is 107 Å². The SMILES string of the molecule is CC1(C)c2ccccc2-c2cc(-c3ccc4c(n3)-c3ccccc3C4(C)C)ccc21. The third-order valence-electron chi connectivity index (χ3n) is 7.30. The molecule has 0 N–H and O–H groups in total. The van der Waals surface area contributed by atoms with Gasteiger partial charge in [0.1, 0.15) is 0 Å². The Hall–Kier alpha value is -3.19.